The Balaban J connectivity index is 1.63. The summed E-state index contributed by atoms with van der Waals surface area (Å²) in [5, 5.41) is 4.69. The Labute approximate surface area is 184 Å². The summed E-state index contributed by atoms with van der Waals surface area (Å²) in [5.41, 5.74) is 2.00. The number of hydrogen-bond donors (Lipinski definition) is 0. The molecular weight excluding hydrogens is 404 g/mol. The number of thiophene rings is 1. The van der Waals surface area contributed by atoms with Crippen LogP contribution in [0, 0.1) is 0 Å². The molecular formula is C22H32N2O3S2. The van der Waals surface area contributed by atoms with Crippen molar-refractivity contribution in [3.05, 3.63) is 46.7 Å². The van der Waals surface area contributed by atoms with Crippen LogP contribution in [-0.4, -0.2) is 57.6 Å². The Bertz CT molecular complexity index is 733. The summed E-state index contributed by atoms with van der Waals surface area (Å²) < 4.78 is 17.0. The first-order valence-corrected chi connectivity index (χ1v) is 11.1. The normalized spacial score (nSPS) is 11.3. The maximum Gasteiger partial charge on any atom is 0.264 e. The van der Waals surface area contributed by atoms with Crippen molar-refractivity contribution in [2.75, 3.05) is 52.4 Å². The molecule has 7 heteroatoms. The van der Waals surface area contributed by atoms with Crippen LogP contribution in [0.5, 0.6) is 5.75 Å². The van der Waals surface area contributed by atoms with E-state index in [4.69, 9.17) is 26.4 Å². The van der Waals surface area contributed by atoms with E-state index in [0.29, 0.717) is 18.4 Å². The zero-order valence-corrected chi connectivity index (χ0v) is 19.6. The van der Waals surface area contributed by atoms with E-state index in [2.05, 4.69) is 28.8 Å². The van der Waals surface area contributed by atoms with Crippen LogP contribution in [0.4, 0.5) is 5.69 Å². The molecule has 0 saturated heterocycles. The molecule has 0 aliphatic rings. The highest BCUT2D eigenvalue weighted by atomic mass is 32.1. The maximum absolute atomic E-state index is 5.80. The molecule has 1 heterocycles. The lowest BCUT2D eigenvalue weighted by Gasteiger charge is -2.24. The molecule has 2 aromatic rings. The second-order valence-electron chi connectivity index (χ2n) is 7.40. The molecule has 1 aromatic heterocycles. The molecule has 0 bridgehead atoms. The summed E-state index contributed by atoms with van der Waals surface area (Å²) in [7, 11) is 5.73. The van der Waals surface area contributed by atoms with Crippen molar-refractivity contribution in [1.29, 1.82) is 0 Å². The van der Waals surface area contributed by atoms with Crippen molar-refractivity contribution in [3.8, 4) is 5.75 Å². The maximum atomic E-state index is 5.80. The number of nitrogens with zero attached hydrogens (tertiary/aromatic N) is 2. The SMILES string of the molecule is COC(C)(C)c1ccc(OC(=S)N(C)CCCOCCN(C)c2ccsc2)cc1. The van der Waals surface area contributed by atoms with Crippen molar-refractivity contribution in [2.45, 2.75) is 25.9 Å². The fourth-order valence-electron chi connectivity index (χ4n) is 2.62. The first-order chi connectivity index (χ1) is 13.8. The summed E-state index contributed by atoms with van der Waals surface area (Å²) in [6.07, 6.45) is 0.892. The third kappa shape index (κ3) is 7.59. The minimum Gasteiger partial charge on any atom is -0.432 e. The monoisotopic (exact) mass is 436 g/mol. The molecule has 0 atom stereocenters. The van der Waals surface area contributed by atoms with Crippen molar-refractivity contribution in [2.24, 2.45) is 0 Å². The van der Waals surface area contributed by atoms with E-state index in [1.807, 2.05) is 50.1 Å². The highest BCUT2D eigenvalue weighted by Crippen LogP contribution is 2.25. The van der Waals surface area contributed by atoms with Crippen molar-refractivity contribution < 1.29 is 14.2 Å². The van der Waals surface area contributed by atoms with Crippen LogP contribution < -0.4 is 9.64 Å². The Morgan fingerprint density at radius 2 is 1.79 bits per heavy atom. The number of ether oxygens (including phenoxy) is 3. The van der Waals surface area contributed by atoms with Gasteiger partial charge in [0.15, 0.2) is 0 Å². The molecule has 2 rings (SSSR count). The van der Waals surface area contributed by atoms with Gasteiger partial charge < -0.3 is 24.0 Å². The molecule has 0 spiro atoms. The standard InChI is InChI=1S/C22H32N2O3S2/c1-22(2,25-5)18-7-9-20(10-8-18)27-21(28)24(4)12-6-14-26-15-13-23(3)19-11-16-29-17-19/h7-11,16-17H,6,12-15H2,1-5H3. The zero-order valence-electron chi connectivity index (χ0n) is 18.0. The first kappa shape index (κ1) is 23.6. The van der Waals surface area contributed by atoms with Crippen molar-refractivity contribution >= 4 is 34.4 Å². The molecule has 0 amide bonds. The lowest BCUT2D eigenvalue weighted by Crippen LogP contribution is -2.31. The highest BCUT2D eigenvalue weighted by molar-refractivity contribution is 7.80. The molecule has 0 N–H and O–H groups in total. The first-order valence-electron chi connectivity index (χ1n) is 9.73. The zero-order chi connectivity index (χ0) is 21.3. The second kappa shape index (κ2) is 11.5. The fourth-order valence-corrected chi connectivity index (χ4v) is 3.51. The van der Waals surface area contributed by atoms with Crippen LogP contribution in [0.1, 0.15) is 25.8 Å². The summed E-state index contributed by atoms with van der Waals surface area (Å²) >= 11 is 7.11. The summed E-state index contributed by atoms with van der Waals surface area (Å²) in [5.74, 6) is 0.727. The molecule has 0 radical (unpaired) electrons. The van der Waals surface area contributed by atoms with Gasteiger partial charge >= 0.3 is 0 Å². The molecule has 5 nitrogen and oxygen atoms in total. The van der Waals surface area contributed by atoms with Gasteiger partial charge in [0.2, 0.25) is 0 Å². The van der Waals surface area contributed by atoms with Gasteiger partial charge in [0.05, 0.1) is 12.2 Å². The van der Waals surface area contributed by atoms with Gasteiger partial charge in [-0.25, -0.2) is 0 Å². The van der Waals surface area contributed by atoms with Crippen LogP contribution in [0.15, 0.2) is 41.1 Å². The summed E-state index contributed by atoms with van der Waals surface area (Å²) in [6, 6.07) is 9.96. The summed E-state index contributed by atoms with van der Waals surface area (Å²) in [6.45, 7) is 7.14. The smallest absolute Gasteiger partial charge is 0.264 e. The Kier molecular flexibility index (Phi) is 9.36. The number of methoxy groups -OCH3 is 1. The van der Waals surface area contributed by atoms with E-state index in [-0.39, 0.29) is 5.60 Å². The highest BCUT2D eigenvalue weighted by Gasteiger charge is 2.19. The minimum atomic E-state index is -0.325. The van der Waals surface area contributed by atoms with Gasteiger partial charge in [-0.05, 0) is 61.6 Å². The van der Waals surface area contributed by atoms with Gasteiger partial charge in [-0.2, -0.15) is 11.3 Å². The number of anilines is 1. The molecule has 0 saturated carbocycles. The van der Waals surface area contributed by atoms with Crippen LogP contribution >= 0.6 is 23.6 Å². The second-order valence-corrected chi connectivity index (χ2v) is 8.53. The predicted octanol–water partition coefficient (Wildman–Crippen LogP) is 4.77. The van der Waals surface area contributed by atoms with Gasteiger partial charge in [-0.3, -0.25) is 0 Å². The Morgan fingerprint density at radius 1 is 1.07 bits per heavy atom. The number of hydrogen-bond acceptors (Lipinski definition) is 6. The third-order valence-corrected chi connectivity index (χ3v) is 5.94. The minimum absolute atomic E-state index is 0.325. The van der Waals surface area contributed by atoms with E-state index in [9.17, 15) is 0 Å². The van der Waals surface area contributed by atoms with Crippen LogP contribution in [0.3, 0.4) is 0 Å². The quantitative estimate of drug-likeness (QED) is 0.373. The largest absolute Gasteiger partial charge is 0.432 e. The van der Waals surface area contributed by atoms with Crippen LogP contribution in [0.25, 0.3) is 0 Å². The average molecular weight is 437 g/mol. The lowest BCUT2D eigenvalue weighted by atomic mass is 9.98. The number of rotatable bonds is 11. The van der Waals surface area contributed by atoms with Crippen LogP contribution in [-0.2, 0) is 15.1 Å². The van der Waals surface area contributed by atoms with Gasteiger partial charge in [-0.15, -0.1) is 0 Å². The van der Waals surface area contributed by atoms with E-state index in [1.165, 1.54) is 5.69 Å². The van der Waals surface area contributed by atoms with Gasteiger partial charge in [0.1, 0.15) is 5.75 Å². The molecule has 29 heavy (non-hydrogen) atoms. The number of likely N-dealkylation sites (N-methyl/N-ethyl adjacent to an activating group) is 1. The van der Waals surface area contributed by atoms with E-state index < -0.39 is 0 Å². The number of thiocarbonyl (C=S) groups is 1. The Hall–Kier alpha value is -1.67. The lowest BCUT2D eigenvalue weighted by molar-refractivity contribution is 0.0192. The van der Waals surface area contributed by atoms with Crippen molar-refractivity contribution in [3.63, 3.8) is 0 Å². The molecule has 0 aliphatic heterocycles. The van der Waals surface area contributed by atoms with Gasteiger partial charge in [0.25, 0.3) is 5.17 Å². The summed E-state index contributed by atoms with van der Waals surface area (Å²) in [4.78, 5) is 4.13. The van der Waals surface area contributed by atoms with Crippen LogP contribution in [0.2, 0.25) is 0 Å². The van der Waals surface area contributed by atoms with E-state index in [0.717, 1.165) is 30.8 Å². The fraction of sp³-hybridized carbons (Fsp3) is 0.500. The molecule has 0 fully saturated rings. The predicted molar refractivity (Wildman–Crippen MR) is 125 cm³/mol. The number of benzene rings is 1. The topological polar surface area (TPSA) is 34.2 Å². The Morgan fingerprint density at radius 3 is 2.41 bits per heavy atom. The molecule has 0 aliphatic carbocycles. The molecule has 0 unspecified atom stereocenters. The van der Waals surface area contributed by atoms with Gasteiger partial charge in [-0.1, -0.05) is 12.1 Å². The van der Waals surface area contributed by atoms with Gasteiger partial charge in [0, 0.05) is 52.0 Å². The van der Waals surface area contributed by atoms with E-state index in [1.54, 1.807) is 18.4 Å². The third-order valence-electron chi connectivity index (χ3n) is 4.88. The van der Waals surface area contributed by atoms with E-state index >= 15 is 0 Å². The van der Waals surface area contributed by atoms with Crippen molar-refractivity contribution in [1.82, 2.24) is 4.90 Å². The molecule has 160 valence electrons. The molecule has 1 aromatic carbocycles. The average Bonchev–Trinajstić information content (AvgIpc) is 3.25.